The number of aromatic nitrogens is 2. The number of hydrogen-bond donors (Lipinski definition) is 1. The van der Waals surface area contributed by atoms with Gasteiger partial charge in [0, 0.05) is 32.5 Å². The quantitative estimate of drug-likeness (QED) is 0.782. The third-order valence-electron chi connectivity index (χ3n) is 2.92. The van der Waals surface area contributed by atoms with Gasteiger partial charge in [0.05, 0.1) is 12.5 Å². The number of anilines is 1. The van der Waals surface area contributed by atoms with Crippen LogP contribution in [-0.4, -0.2) is 58.5 Å². The summed E-state index contributed by atoms with van der Waals surface area (Å²) in [4.78, 5) is 34.3. The first-order valence-corrected chi connectivity index (χ1v) is 6.44. The lowest BCUT2D eigenvalue weighted by Crippen LogP contribution is -2.42. The molecule has 0 radical (unpaired) electrons. The zero-order valence-corrected chi connectivity index (χ0v) is 12.0. The Morgan fingerprint density at radius 3 is 2.45 bits per heavy atom. The fourth-order valence-corrected chi connectivity index (χ4v) is 1.68. The lowest BCUT2D eigenvalue weighted by atomic mass is 10.1. The molecular formula is C13H20N4O3. The zero-order chi connectivity index (χ0) is 15.1. The van der Waals surface area contributed by atoms with Crippen LogP contribution in [-0.2, 0) is 9.59 Å². The molecule has 0 saturated carbocycles. The Balaban J connectivity index is 2.61. The molecule has 1 unspecified atom stereocenters. The molecule has 0 aliphatic carbocycles. The third-order valence-corrected chi connectivity index (χ3v) is 2.92. The number of aliphatic carboxylic acids is 1. The average Bonchev–Trinajstić information content (AvgIpc) is 2.44. The number of carboxylic acid groups (broad SMARTS) is 1. The molecule has 1 N–H and O–H groups in total. The lowest BCUT2D eigenvalue weighted by molar-refractivity contribution is -0.142. The minimum atomic E-state index is -0.906. The first kappa shape index (κ1) is 15.9. The Kier molecular flexibility index (Phi) is 5.89. The van der Waals surface area contributed by atoms with Gasteiger partial charge >= 0.3 is 5.97 Å². The van der Waals surface area contributed by atoms with Crippen molar-refractivity contribution >= 4 is 17.8 Å². The van der Waals surface area contributed by atoms with Crippen molar-refractivity contribution in [1.29, 1.82) is 0 Å². The van der Waals surface area contributed by atoms with E-state index in [1.807, 2.05) is 6.92 Å². The first-order chi connectivity index (χ1) is 9.45. The predicted molar refractivity (Wildman–Crippen MR) is 74.4 cm³/mol. The molecule has 20 heavy (non-hydrogen) atoms. The second-order valence-electron chi connectivity index (χ2n) is 4.58. The Bertz CT molecular complexity index is 452. The minimum absolute atomic E-state index is 0.115. The summed E-state index contributed by atoms with van der Waals surface area (Å²) in [6.07, 6.45) is 3.21. The molecule has 0 aliphatic rings. The molecule has 0 fully saturated rings. The van der Waals surface area contributed by atoms with Crippen LogP contribution in [0.15, 0.2) is 18.5 Å². The number of carbonyl (C=O) groups is 2. The van der Waals surface area contributed by atoms with Gasteiger partial charge in [0.2, 0.25) is 11.9 Å². The van der Waals surface area contributed by atoms with E-state index in [-0.39, 0.29) is 19.0 Å². The average molecular weight is 280 g/mol. The SMILES string of the molecule is CCN(CC(C)C(=O)O)C(=O)CN(C)c1ncccn1. The van der Waals surface area contributed by atoms with Gasteiger partial charge in [0.1, 0.15) is 0 Å². The van der Waals surface area contributed by atoms with E-state index in [4.69, 9.17) is 5.11 Å². The van der Waals surface area contributed by atoms with E-state index < -0.39 is 11.9 Å². The van der Waals surface area contributed by atoms with Crippen molar-refractivity contribution < 1.29 is 14.7 Å². The molecule has 1 amide bonds. The molecule has 1 rings (SSSR count). The van der Waals surface area contributed by atoms with Crippen LogP contribution in [0.5, 0.6) is 0 Å². The summed E-state index contributed by atoms with van der Waals surface area (Å²) in [6.45, 7) is 4.20. The number of rotatable bonds is 7. The van der Waals surface area contributed by atoms with Crippen molar-refractivity contribution in [2.75, 3.05) is 31.6 Å². The number of carboxylic acids is 1. The van der Waals surface area contributed by atoms with E-state index >= 15 is 0 Å². The van der Waals surface area contributed by atoms with Crippen molar-refractivity contribution in [3.05, 3.63) is 18.5 Å². The molecule has 0 bridgehead atoms. The second-order valence-corrected chi connectivity index (χ2v) is 4.58. The van der Waals surface area contributed by atoms with E-state index in [0.717, 1.165) is 0 Å². The van der Waals surface area contributed by atoms with Crippen LogP contribution >= 0.6 is 0 Å². The molecule has 0 aliphatic heterocycles. The van der Waals surface area contributed by atoms with Gasteiger partial charge in [-0.2, -0.15) is 0 Å². The number of hydrogen-bond acceptors (Lipinski definition) is 5. The van der Waals surface area contributed by atoms with E-state index in [0.29, 0.717) is 12.5 Å². The van der Waals surface area contributed by atoms with Gasteiger partial charge in [-0.3, -0.25) is 9.59 Å². The highest BCUT2D eigenvalue weighted by atomic mass is 16.4. The topological polar surface area (TPSA) is 86.6 Å². The molecule has 1 heterocycles. The maximum absolute atomic E-state index is 12.2. The smallest absolute Gasteiger partial charge is 0.308 e. The molecule has 1 aromatic heterocycles. The minimum Gasteiger partial charge on any atom is -0.481 e. The fourth-order valence-electron chi connectivity index (χ4n) is 1.68. The summed E-state index contributed by atoms with van der Waals surface area (Å²) in [5.41, 5.74) is 0. The van der Waals surface area contributed by atoms with Crippen LogP contribution in [0, 0.1) is 5.92 Å². The Morgan fingerprint density at radius 2 is 1.95 bits per heavy atom. The zero-order valence-electron chi connectivity index (χ0n) is 12.0. The van der Waals surface area contributed by atoms with E-state index in [9.17, 15) is 9.59 Å². The standard InChI is InChI=1S/C13H20N4O3/c1-4-17(8-10(2)12(19)20)11(18)9-16(3)13-14-6-5-7-15-13/h5-7,10H,4,8-9H2,1-3H3,(H,19,20). The number of carbonyl (C=O) groups excluding carboxylic acids is 1. The van der Waals surface area contributed by atoms with Gasteiger partial charge < -0.3 is 14.9 Å². The number of likely N-dealkylation sites (N-methyl/N-ethyl adjacent to an activating group) is 2. The van der Waals surface area contributed by atoms with E-state index in [1.165, 1.54) is 4.90 Å². The van der Waals surface area contributed by atoms with Crippen molar-refractivity contribution in [3.8, 4) is 0 Å². The van der Waals surface area contributed by atoms with Gasteiger partial charge in [-0.25, -0.2) is 9.97 Å². The Labute approximate surface area is 118 Å². The highest BCUT2D eigenvalue weighted by Crippen LogP contribution is 2.05. The molecule has 1 atom stereocenters. The van der Waals surface area contributed by atoms with Crippen molar-refractivity contribution in [1.82, 2.24) is 14.9 Å². The maximum atomic E-state index is 12.2. The van der Waals surface area contributed by atoms with Gasteiger partial charge in [0.15, 0.2) is 0 Å². The monoisotopic (exact) mass is 280 g/mol. The summed E-state index contributed by atoms with van der Waals surface area (Å²) in [7, 11) is 1.72. The van der Waals surface area contributed by atoms with Gasteiger partial charge in [-0.1, -0.05) is 6.92 Å². The van der Waals surface area contributed by atoms with Crippen molar-refractivity contribution in [3.63, 3.8) is 0 Å². The van der Waals surface area contributed by atoms with Crippen LogP contribution in [0.4, 0.5) is 5.95 Å². The summed E-state index contributed by atoms with van der Waals surface area (Å²) >= 11 is 0. The van der Waals surface area contributed by atoms with Gasteiger partial charge in [0.25, 0.3) is 0 Å². The van der Waals surface area contributed by atoms with Crippen LogP contribution in [0.25, 0.3) is 0 Å². The van der Waals surface area contributed by atoms with Crippen LogP contribution < -0.4 is 4.90 Å². The molecule has 1 aromatic rings. The molecule has 7 heteroatoms. The molecule has 0 saturated heterocycles. The Hall–Kier alpha value is -2.18. The summed E-state index contributed by atoms with van der Waals surface area (Å²) in [6, 6.07) is 1.70. The largest absolute Gasteiger partial charge is 0.481 e. The van der Waals surface area contributed by atoms with Crippen molar-refractivity contribution in [2.45, 2.75) is 13.8 Å². The van der Waals surface area contributed by atoms with Gasteiger partial charge in [-0.15, -0.1) is 0 Å². The molecule has 7 nitrogen and oxygen atoms in total. The second kappa shape index (κ2) is 7.42. The normalized spacial score (nSPS) is 11.8. The van der Waals surface area contributed by atoms with E-state index in [1.54, 1.807) is 37.3 Å². The summed E-state index contributed by atoms with van der Waals surface area (Å²) in [5.74, 6) is -1.17. The fraction of sp³-hybridized carbons (Fsp3) is 0.538. The third kappa shape index (κ3) is 4.49. The van der Waals surface area contributed by atoms with Gasteiger partial charge in [-0.05, 0) is 13.0 Å². The number of amides is 1. The predicted octanol–water partition coefficient (Wildman–Crippen LogP) is 0.482. The highest BCUT2D eigenvalue weighted by molar-refractivity contribution is 5.81. The first-order valence-electron chi connectivity index (χ1n) is 6.44. The molecule has 110 valence electrons. The van der Waals surface area contributed by atoms with Crippen LogP contribution in [0.1, 0.15) is 13.8 Å². The number of nitrogens with zero attached hydrogens (tertiary/aromatic N) is 4. The summed E-state index contributed by atoms with van der Waals surface area (Å²) < 4.78 is 0. The molecule has 0 aromatic carbocycles. The van der Waals surface area contributed by atoms with E-state index in [2.05, 4.69) is 9.97 Å². The van der Waals surface area contributed by atoms with Crippen molar-refractivity contribution in [2.24, 2.45) is 5.92 Å². The Morgan fingerprint density at radius 1 is 1.35 bits per heavy atom. The van der Waals surface area contributed by atoms with Crippen LogP contribution in [0.2, 0.25) is 0 Å². The highest BCUT2D eigenvalue weighted by Gasteiger charge is 2.20. The maximum Gasteiger partial charge on any atom is 0.308 e. The molecule has 0 spiro atoms. The van der Waals surface area contributed by atoms with Crippen LogP contribution in [0.3, 0.4) is 0 Å². The lowest BCUT2D eigenvalue weighted by Gasteiger charge is -2.25. The summed E-state index contributed by atoms with van der Waals surface area (Å²) in [5, 5.41) is 8.90. The molecular weight excluding hydrogens is 260 g/mol.